The zero-order chi connectivity index (χ0) is 37.2. The second-order valence-corrected chi connectivity index (χ2v) is 18.2. The quantitative estimate of drug-likeness (QED) is 0.180. The van der Waals surface area contributed by atoms with Crippen LogP contribution in [0.4, 0.5) is 13.2 Å². The third-order valence-corrected chi connectivity index (χ3v) is 14.6. The van der Waals surface area contributed by atoms with Crippen molar-refractivity contribution < 1.29 is 49.7 Å². The number of sulfonamides is 1. The molecule has 3 aromatic carbocycles. The molecule has 0 aromatic heterocycles. The van der Waals surface area contributed by atoms with E-state index in [1.54, 1.807) is 60.7 Å². The highest BCUT2D eigenvalue weighted by atomic mass is 32.2. The lowest BCUT2D eigenvalue weighted by Crippen LogP contribution is -2.47. The summed E-state index contributed by atoms with van der Waals surface area (Å²) in [5.74, 6) is 0.304. The van der Waals surface area contributed by atoms with Crippen molar-refractivity contribution in [2.45, 2.75) is 77.1 Å². The third-order valence-electron chi connectivity index (χ3n) is 10.1. The lowest BCUT2D eigenvalue weighted by Gasteiger charge is -2.38. The molecular weight excluding hydrogens is 724 g/mol. The van der Waals surface area contributed by atoms with Gasteiger partial charge in [-0.25, -0.2) is 16.8 Å². The second kappa shape index (κ2) is 15.3. The smallest absolute Gasteiger partial charge is 0.401 e. The minimum Gasteiger partial charge on any atom is -0.491 e. The van der Waals surface area contributed by atoms with Gasteiger partial charge in [-0.15, -0.1) is 0 Å². The van der Waals surface area contributed by atoms with Gasteiger partial charge >= 0.3 is 6.18 Å². The van der Waals surface area contributed by atoms with Crippen LogP contribution < -0.4 is 15.4 Å². The number of hydrogen-bond acceptors (Lipinski definition) is 10. The number of rotatable bonds is 15. The molecule has 0 radical (unpaired) electrons. The number of sulfone groups is 1. The number of hydrogen-bond donors (Lipinski definition) is 4. The molecule has 2 atom stereocenters. The van der Waals surface area contributed by atoms with Crippen molar-refractivity contribution in [1.82, 2.24) is 14.9 Å². The Morgan fingerprint density at radius 2 is 1.62 bits per heavy atom. The number of nitrogens with one attached hydrogen (secondary N) is 2. The van der Waals surface area contributed by atoms with Crippen LogP contribution in [0, 0.1) is 0 Å². The van der Waals surface area contributed by atoms with Gasteiger partial charge in [0.1, 0.15) is 18.5 Å². The molecule has 0 amide bonds. The summed E-state index contributed by atoms with van der Waals surface area (Å²) < 4.78 is 103. The van der Waals surface area contributed by atoms with Crippen molar-refractivity contribution >= 4 is 19.9 Å². The molecule has 11 nitrogen and oxygen atoms in total. The Kier molecular flexibility index (Phi) is 11.4. The summed E-state index contributed by atoms with van der Waals surface area (Å²) in [6.07, 6.45) is -2.67. The number of halogens is 3. The molecule has 3 aliphatic rings. The minimum absolute atomic E-state index is 0.0528. The van der Waals surface area contributed by atoms with E-state index in [9.17, 15) is 40.2 Å². The van der Waals surface area contributed by atoms with Crippen molar-refractivity contribution in [3.8, 4) is 16.9 Å². The maximum Gasteiger partial charge on any atom is 0.401 e. The highest BCUT2D eigenvalue weighted by molar-refractivity contribution is 7.93. The van der Waals surface area contributed by atoms with Crippen molar-refractivity contribution in [3.63, 3.8) is 0 Å². The Balaban J connectivity index is 0.961. The van der Waals surface area contributed by atoms with Crippen molar-refractivity contribution in [2.75, 3.05) is 46.0 Å². The number of aliphatic hydroxyl groups is 2. The van der Waals surface area contributed by atoms with E-state index in [4.69, 9.17) is 9.47 Å². The molecule has 1 spiro atoms. The van der Waals surface area contributed by atoms with E-state index in [1.807, 2.05) is 0 Å². The molecule has 2 heterocycles. The van der Waals surface area contributed by atoms with Gasteiger partial charge in [0, 0.05) is 32.2 Å². The molecule has 1 saturated carbocycles. The van der Waals surface area contributed by atoms with Gasteiger partial charge in [-0.2, -0.15) is 17.5 Å². The average molecular weight is 768 g/mol. The highest BCUT2D eigenvalue weighted by Crippen LogP contribution is 2.46. The van der Waals surface area contributed by atoms with Gasteiger partial charge in [-0.1, -0.05) is 42.5 Å². The first-order chi connectivity index (χ1) is 24.6. The predicted octanol–water partition coefficient (Wildman–Crippen LogP) is 3.65. The van der Waals surface area contributed by atoms with Crippen LogP contribution in [0.2, 0.25) is 0 Å². The maximum absolute atomic E-state index is 13.7. The number of nitrogens with zero attached hydrogens (tertiary/aromatic N) is 1. The molecule has 3 aromatic rings. The fourth-order valence-electron chi connectivity index (χ4n) is 6.79. The van der Waals surface area contributed by atoms with E-state index in [0.717, 1.165) is 5.56 Å². The Hall–Kier alpha value is -3.09. The molecule has 4 N–H and O–H groups in total. The van der Waals surface area contributed by atoms with Gasteiger partial charge in [0.2, 0.25) is 10.0 Å². The Bertz CT molecular complexity index is 1920. The number of ether oxygens (including phenoxy) is 2. The van der Waals surface area contributed by atoms with E-state index in [1.165, 1.54) is 16.4 Å². The first-order valence-electron chi connectivity index (χ1n) is 17.2. The zero-order valence-electron chi connectivity index (χ0n) is 28.5. The zero-order valence-corrected chi connectivity index (χ0v) is 30.1. The number of aliphatic hydroxyl groups excluding tert-OH is 2. The molecule has 2 saturated heterocycles. The number of benzene rings is 3. The molecular formula is C36H44F3N3O8S2. The largest absolute Gasteiger partial charge is 0.491 e. The lowest BCUT2D eigenvalue weighted by molar-refractivity contribution is -0.125. The number of alkyl halides is 3. The minimum atomic E-state index is -4.29. The van der Waals surface area contributed by atoms with Crippen molar-refractivity contribution in [3.05, 3.63) is 78.4 Å². The van der Waals surface area contributed by atoms with E-state index in [2.05, 4.69) is 10.6 Å². The van der Waals surface area contributed by atoms with Gasteiger partial charge in [-0.3, -0.25) is 0 Å². The highest BCUT2D eigenvalue weighted by Gasteiger charge is 2.54. The van der Waals surface area contributed by atoms with E-state index in [-0.39, 0.29) is 48.6 Å². The molecule has 0 bridgehead atoms. The van der Waals surface area contributed by atoms with Crippen LogP contribution in [-0.2, 0) is 31.1 Å². The SMILES string of the molecule is O=S(=O)(c1cccc(-c2ccc(CNCC(F)(F)F)cc2)c1)N1CCC2(CC1)CC(NCC(O)COc1cccc(S(=O)(=O)C3(CO)CC3)c1)CO2. The van der Waals surface area contributed by atoms with Crippen LogP contribution in [0.25, 0.3) is 11.1 Å². The molecule has 6 rings (SSSR count). The molecule has 2 unspecified atom stereocenters. The maximum atomic E-state index is 13.7. The Morgan fingerprint density at radius 1 is 0.923 bits per heavy atom. The van der Waals surface area contributed by atoms with E-state index in [0.29, 0.717) is 55.6 Å². The molecule has 52 heavy (non-hydrogen) atoms. The fraction of sp³-hybridized carbons (Fsp3) is 0.500. The fourth-order valence-corrected chi connectivity index (χ4v) is 10.1. The molecule has 16 heteroatoms. The standard InChI is InChI=1S/C36H44F3N3O8S2/c37-36(38,39)24-40-20-26-7-9-27(10-8-26)28-3-1-6-33(17-28)52(47,48)42-15-13-34(14-16-42)19-29(22-50-34)41-21-30(44)23-49-31-4-2-5-32(18-31)51(45,46)35(25-43)11-12-35/h1-10,17-18,29-30,40-41,43-44H,11-16,19-25H2. The van der Waals surface area contributed by atoms with Crippen LogP contribution in [0.3, 0.4) is 0 Å². The van der Waals surface area contributed by atoms with Gasteiger partial charge in [-0.05, 0) is 79.1 Å². The van der Waals surface area contributed by atoms with Crippen LogP contribution in [-0.4, -0.2) is 106 Å². The van der Waals surface area contributed by atoms with Gasteiger partial charge in [0.05, 0.1) is 39.9 Å². The summed E-state index contributed by atoms with van der Waals surface area (Å²) >= 11 is 0. The first-order valence-corrected chi connectivity index (χ1v) is 20.2. The molecule has 284 valence electrons. The molecule has 3 fully saturated rings. The molecule has 2 aliphatic heterocycles. The summed E-state index contributed by atoms with van der Waals surface area (Å²) in [6.45, 7) is -0.334. The second-order valence-electron chi connectivity index (χ2n) is 13.9. The van der Waals surface area contributed by atoms with Crippen LogP contribution in [0.15, 0.2) is 82.6 Å². The van der Waals surface area contributed by atoms with Gasteiger partial charge in [0.25, 0.3) is 0 Å². The Labute approximate surface area is 302 Å². The van der Waals surface area contributed by atoms with Crippen molar-refractivity contribution in [1.29, 1.82) is 0 Å². The Morgan fingerprint density at radius 3 is 2.29 bits per heavy atom. The normalized spacial score (nSPS) is 20.9. The van der Waals surface area contributed by atoms with Crippen molar-refractivity contribution in [2.24, 2.45) is 0 Å². The van der Waals surface area contributed by atoms with Crippen LogP contribution in [0.5, 0.6) is 5.75 Å². The molecule has 1 aliphatic carbocycles. The predicted molar refractivity (Wildman–Crippen MR) is 187 cm³/mol. The number of piperidine rings is 1. The topological polar surface area (TPSA) is 154 Å². The monoisotopic (exact) mass is 767 g/mol. The summed E-state index contributed by atoms with van der Waals surface area (Å²) in [7, 11) is -7.50. The van der Waals surface area contributed by atoms with E-state index >= 15 is 0 Å². The van der Waals surface area contributed by atoms with Crippen LogP contribution >= 0.6 is 0 Å². The average Bonchev–Trinajstić information content (AvgIpc) is 3.86. The van der Waals surface area contributed by atoms with E-state index < -0.39 is 55.6 Å². The third kappa shape index (κ3) is 8.81. The summed E-state index contributed by atoms with van der Waals surface area (Å²) in [4.78, 5) is 0.236. The van der Waals surface area contributed by atoms with Crippen LogP contribution in [0.1, 0.15) is 37.7 Å². The first kappa shape index (κ1) is 38.6. The van der Waals surface area contributed by atoms with Gasteiger partial charge < -0.3 is 30.3 Å². The summed E-state index contributed by atoms with van der Waals surface area (Å²) in [5, 5.41) is 25.8. The summed E-state index contributed by atoms with van der Waals surface area (Å²) in [5.41, 5.74) is 1.62. The lowest BCUT2D eigenvalue weighted by atomic mass is 9.88. The van der Waals surface area contributed by atoms with Gasteiger partial charge in [0.15, 0.2) is 9.84 Å². The summed E-state index contributed by atoms with van der Waals surface area (Å²) in [6, 6.07) is 19.6.